The molecule has 25 heavy (non-hydrogen) atoms. The van der Waals surface area contributed by atoms with Gasteiger partial charge in [-0.1, -0.05) is 36.4 Å². The number of para-hydroxylation sites is 4. The average molecular weight is 351 g/mol. The van der Waals surface area contributed by atoms with Gasteiger partial charge < -0.3 is 17.1 Å². The highest BCUT2D eigenvalue weighted by Gasteiger charge is 2.15. The third-order valence-electron chi connectivity index (χ3n) is 4.15. The van der Waals surface area contributed by atoms with Crippen LogP contribution in [0.3, 0.4) is 0 Å². The van der Waals surface area contributed by atoms with Crippen molar-refractivity contribution in [3.63, 3.8) is 0 Å². The topological polar surface area (TPSA) is 38.7 Å². The molecule has 0 fully saturated rings. The van der Waals surface area contributed by atoms with Gasteiger partial charge in [0.05, 0.1) is 28.4 Å². The fourth-order valence-corrected chi connectivity index (χ4v) is 3.07. The van der Waals surface area contributed by atoms with E-state index in [1.807, 2.05) is 37.3 Å². The van der Waals surface area contributed by atoms with E-state index in [0.29, 0.717) is 6.61 Å². The number of nitrogens with two attached hydrogens (primary N) is 1. The van der Waals surface area contributed by atoms with Gasteiger partial charge in [0.1, 0.15) is 0 Å². The first-order valence-electron chi connectivity index (χ1n) is 8.21. The first-order valence-corrected chi connectivity index (χ1v) is 8.21. The van der Waals surface area contributed by atoms with Crippen molar-refractivity contribution in [2.45, 2.75) is 6.92 Å². The molecule has 1 aromatic heterocycles. The van der Waals surface area contributed by atoms with Crippen LogP contribution in [-0.4, -0.2) is 11.6 Å². The van der Waals surface area contributed by atoms with E-state index in [9.17, 15) is 0 Å². The maximum atomic E-state index is 5.79. The van der Waals surface area contributed by atoms with Gasteiger partial charge in [-0.2, -0.15) is 0 Å². The zero-order valence-electron chi connectivity index (χ0n) is 13.9. The minimum Gasteiger partial charge on any atom is -1.00 e. The van der Waals surface area contributed by atoms with Crippen molar-refractivity contribution in [3.05, 3.63) is 72.8 Å². The van der Waals surface area contributed by atoms with Gasteiger partial charge in [-0.25, -0.2) is 4.98 Å². The molecule has 4 rings (SSSR count). The van der Waals surface area contributed by atoms with E-state index in [1.165, 1.54) is 5.69 Å². The monoisotopic (exact) mass is 350 g/mol. The van der Waals surface area contributed by atoms with Crippen LogP contribution in [0, 0.1) is 0 Å². The van der Waals surface area contributed by atoms with Crippen LogP contribution in [-0.2, 0) is 0 Å². The van der Waals surface area contributed by atoms with E-state index >= 15 is 0 Å². The summed E-state index contributed by atoms with van der Waals surface area (Å²) in [5.74, 6) is 0.907. The number of rotatable bonds is 4. The molecule has 1 heterocycles. The van der Waals surface area contributed by atoms with E-state index in [4.69, 9.17) is 9.72 Å². The molecule has 3 aromatic carbocycles. The quantitative estimate of drug-likeness (QED) is 0.445. The lowest BCUT2D eigenvalue weighted by atomic mass is 10.1. The van der Waals surface area contributed by atoms with Crippen LogP contribution in [0.25, 0.3) is 21.8 Å². The first kappa shape index (κ1) is 17.2. The number of quaternary nitrogens is 1. The second-order valence-electron chi connectivity index (χ2n) is 5.67. The number of hydrogen-bond donors (Lipinski definition) is 1. The predicted octanol–water partition coefficient (Wildman–Crippen LogP) is 1.32. The lowest BCUT2D eigenvalue weighted by Gasteiger charge is -2.11. The average Bonchev–Trinajstić information content (AvgIpc) is 2.63. The Morgan fingerprint density at radius 2 is 1.36 bits per heavy atom. The third kappa shape index (κ3) is 3.29. The number of pyridine rings is 1. The molecule has 0 atom stereocenters. The molecule has 0 saturated carbocycles. The molecule has 0 radical (unpaired) electrons. The molecule has 0 spiro atoms. The van der Waals surface area contributed by atoms with E-state index in [0.717, 1.165) is 33.2 Å². The number of halogens is 1. The molecule has 0 saturated heterocycles. The SMILES string of the molecule is CCOc1ccccc1[NH2+]c1c2ccccc2nc2ccccc12.[Cl-]. The molecule has 126 valence electrons. The summed E-state index contributed by atoms with van der Waals surface area (Å²) >= 11 is 0. The van der Waals surface area contributed by atoms with E-state index in [2.05, 4.69) is 47.8 Å². The van der Waals surface area contributed by atoms with Crippen LogP contribution in [0.2, 0.25) is 0 Å². The van der Waals surface area contributed by atoms with Crippen molar-refractivity contribution in [3.8, 4) is 5.75 Å². The summed E-state index contributed by atoms with van der Waals surface area (Å²) in [5.41, 5.74) is 4.29. The van der Waals surface area contributed by atoms with Crippen LogP contribution < -0.4 is 22.5 Å². The van der Waals surface area contributed by atoms with Crippen molar-refractivity contribution in [1.29, 1.82) is 0 Å². The highest BCUT2D eigenvalue weighted by atomic mass is 35.5. The standard InChI is InChI=1S/C21H18N2O.ClH/c1-2-24-20-14-8-7-13-19(20)23-21-15-9-3-5-11-17(15)22-18-12-6-4-10-16(18)21;/h3-14H,2H2,1H3,(H,22,23);1H. The highest BCUT2D eigenvalue weighted by Crippen LogP contribution is 2.29. The fourth-order valence-electron chi connectivity index (χ4n) is 3.07. The van der Waals surface area contributed by atoms with Gasteiger partial charge >= 0.3 is 0 Å². The lowest BCUT2D eigenvalue weighted by Crippen LogP contribution is -3.00. The van der Waals surface area contributed by atoms with Gasteiger partial charge in [-0.15, -0.1) is 0 Å². The molecule has 2 N–H and O–H groups in total. The van der Waals surface area contributed by atoms with Crippen LogP contribution in [0.4, 0.5) is 11.4 Å². The number of benzene rings is 3. The summed E-state index contributed by atoms with van der Waals surface area (Å²) in [7, 11) is 0. The predicted molar refractivity (Wildman–Crippen MR) is 98.1 cm³/mol. The Morgan fingerprint density at radius 3 is 2.00 bits per heavy atom. The minimum absolute atomic E-state index is 0. The zero-order chi connectivity index (χ0) is 16.4. The Bertz CT molecular complexity index is 963. The minimum atomic E-state index is 0. The van der Waals surface area contributed by atoms with E-state index in [-0.39, 0.29) is 12.4 Å². The smallest absolute Gasteiger partial charge is 0.180 e. The van der Waals surface area contributed by atoms with Crippen LogP contribution in [0.15, 0.2) is 72.8 Å². The third-order valence-corrected chi connectivity index (χ3v) is 4.15. The number of hydrogen-bond acceptors (Lipinski definition) is 2. The summed E-state index contributed by atoms with van der Waals surface area (Å²) in [6.07, 6.45) is 0. The van der Waals surface area contributed by atoms with Crippen molar-refractivity contribution < 1.29 is 22.5 Å². The molecule has 4 heteroatoms. The van der Waals surface area contributed by atoms with Gasteiger partial charge in [-0.3, -0.25) is 5.32 Å². The first-order chi connectivity index (χ1) is 11.9. The Labute approximate surface area is 153 Å². The second kappa shape index (κ2) is 7.51. The molecule has 0 aliphatic carbocycles. The van der Waals surface area contributed by atoms with Gasteiger partial charge in [-0.05, 0) is 37.3 Å². The van der Waals surface area contributed by atoms with Crippen LogP contribution in [0.5, 0.6) is 5.75 Å². The summed E-state index contributed by atoms with van der Waals surface area (Å²) in [4.78, 5) is 4.79. The molecule has 0 unspecified atom stereocenters. The van der Waals surface area contributed by atoms with Crippen molar-refractivity contribution in [2.24, 2.45) is 0 Å². The Morgan fingerprint density at radius 1 is 0.800 bits per heavy atom. The fraction of sp³-hybridized carbons (Fsp3) is 0.0952. The van der Waals surface area contributed by atoms with Crippen molar-refractivity contribution >= 4 is 33.2 Å². The van der Waals surface area contributed by atoms with Gasteiger partial charge in [0, 0.05) is 6.07 Å². The van der Waals surface area contributed by atoms with Gasteiger partial charge in [0.15, 0.2) is 17.1 Å². The molecule has 4 aromatic rings. The lowest BCUT2D eigenvalue weighted by molar-refractivity contribution is -0.476. The molecular formula is C21H19ClN2O. The zero-order valence-corrected chi connectivity index (χ0v) is 14.7. The van der Waals surface area contributed by atoms with E-state index < -0.39 is 0 Å². The molecule has 0 aliphatic rings. The Kier molecular flexibility index (Phi) is 5.17. The van der Waals surface area contributed by atoms with E-state index in [1.54, 1.807) is 0 Å². The van der Waals surface area contributed by atoms with Crippen LogP contribution in [0.1, 0.15) is 6.92 Å². The molecule has 0 bridgehead atoms. The number of ether oxygens (including phenoxy) is 1. The van der Waals surface area contributed by atoms with Crippen molar-refractivity contribution in [2.75, 3.05) is 6.61 Å². The molecule has 0 amide bonds. The summed E-state index contributed by atoms with van der Waals surface area (Å²) < 4.78 is 5.79. The summed E-state index contributed by atoms with van der Waals surface area (Å²) in [6.45, 7) is 2.66. The normalized spacial score (nSPS) is 10.6. The second-order valence-corrected chi connectivity index (χ2v) is 5.67. The summed E-state index contributed by atoms with van der Waals surface area (Å²) in [6, 6.07) is 24.7. The van der Waals surface area contributed by atoms with Gasteiger partial charge in [0.2, 0.25) is 0 Å². The number of aromatic nitrogens is 1. The highest BCUT2D eigenvalue weighted by molar-refractivity contribution is 6.03. The molecular weight excluding hydrogens is 332 g/mol. The Hall–Kier alpha value is -2.62. The number of nitrogens with zero attached hydrogens (tertiary/aromatic N) is 1. The number of fused-ring (bicyclic) bond motifs is 2. The largest absolute Gasteiger partial charge is 1.00 e. The molecule has 3 nitrogen and oxygen atoms in total. The van der Waals surface area contributed by atoms with Crippen molar-refractivity contribution in [1.82, 2.24) is 4.98 Å². The molecule has 0 aliphatic heterocycles. The summed E-state index contributed by atoms with van der Waals surface area (Å²) in [5, 5.41) is 4.52. The van der Waals surface area contributed by atoms with Crippen LogP contribution >= 0.6 is 0 Å². The maximum absolute atomic E-state index is 5.79. The van der Waals surface area contributed by atoms with Gasteiger partial charge in [0.25, 0.3) is 0 Å². The Balaban J connectivity index is 0.00000182. The maximum Gasteiger partial charge on any atom is 0.180 e.